The normalized spacial score (nSPS) is 12.0. The quantitative estimate of drug-likeness (QED) is 0.804. The minimum Gasteiger partial charge on any atom is -0.352 e. The van der Waals surface area contributed by atoms with E-state index >= 15 is 0 Å². The molecule has 0 spiro atoms. The first-order chi connectivity index (χ1) is 11.0. The number of halogens is 3. The van der Waals surface area contributed by atoms with E-state index < -0.39 is 23.5 Å². The summed E-state index contributed by atoms with van der Waals surface area (Å²) in [4.78, 5) is 11.8. The second kappa shape index (κ2) is 7.78. The molecule has 0 aromatic heterocycles. The van der Waals surface area contributed by atoms with Crippen LogP contribution >= 0.6 is 0 Å². The van der Waals surface area contributed by atoms with Crippen LogP contribution < -0.4 is 11.1 Å². The summed E-state index contributed by atoms with van der Waals surface area (Å²) in [5.74, 6) is -3.38. The maximum Gasteiger partial charge on any atom is 0.251 e. The minimum atomic E-state index is -1.23. The molecular weight excluding hydrogens is 305 g/mol. The van der Waals surface area contributed by atoms with Gasteiger partial charge in [0.1, 0.15) is 5.82 Å². The Kier molecular flexibility index (Phi) is 5.76. The molecule has 2 aromatic rings. The molecule has 3 nitrogen and oxygen atoms in total. The van der Waals surface area contributed by atoms with Crippen molar-refractivity contribution in [2.45, 2.75) is 18.9 Å². The molecule has 2 aromatic carbocycles. The van der Waals surface area contributed by atoms with Gasteiger partial charge in [0.15, 0.2) is 11.6 Å². The van der Waals surface area contributed by atoms with E-state index in [1.807, 2.05) is 6.07 Å². The summed E-state index contributed by atoms with van der Waals surface area (Å²) in [6.45, 7) is 0.306. The third kappa shape index (κ3) is 4.82. The highest BCUT2D eigenvalue weighted by molar-refractivity contribution is 5.94. The lowest BCUT2D eigenvalue weighted by atomic mass is 10.0. The molecule has 1 amide bonds. The van der Waals surface area contributed by atoms with Gasteiger partial charge >= 0.3 is 0 Å². The predicted octanol–water partition coefficient (Wildman–Crippen LogP) is 2.79. The molecule has 0 bridgehead atoms. The van der Waals surface area contributed by atoms with Crippen LogP contribution in [0.5, 0.6) is 0 Å². The molecular formula is C17H17F3N2O. The standard InChI is InChI=1S/C17H17F3N2O/c18-14-10-16(20)15(19)9-12(14)8-13(21)6-7-22-17(23)11-4-2-1-3-5-11/h1-5,9-10,13H,6-8,21H2,(H,22,23)/t13-/m0/s1. The van der Waals surface area contributed by atoms with E-state index in [1.54, 1.807) is 24.3 Å². The van der Waals surface area contributed by atoms with E-state index in [4.69, 9.17) is 5.73 Å². The number of carbonyl (C=O) groups is 1. The second-order valence-corrected chi connectivity index (χ2v) is 5.23. The Labute approximate surface area is 132 Å². The van der Waals surface area contributed by atoms with Crippen molar-refractivity contribution >= 4 is 5.91 Å². The summed E-state index contributed by atoms with van der Waals surface area (Å²) in [6, 6.07) is 9.53. The molecule has 0 aliphatic rings. The lowest BCUT2D eigenvalue weighted by Crippen LogP contribution is -2.31. The Balaban J connectivity index is 1.83. The van der Waals surface area contributed by atoms with E-state index in [-0.39, 0.29) is 17.9 Å². The number of nitrogens with two attached hydrogens (primary N) is 1. The molecule has 0 saturated heterocycles. The maximum atomic E-state index is 13.5. The van der Waals surface area contributed by atoms with E-state index in [1.165, 1.54) is 0 Å². The van der Waals surface area contributed by atoms with Crippen molar-refractivity contribution in [1.82, 2.24) is 5.32 Å². The Morgan fingerprint density at radius 1 is 1.04 bits per heavy atom. The molecule has 3 N–H and O–H groups in total. The first-order valence-electron chi connectivity index (χ1n) is 7.19. The third-order valence-electron chi connectivity index (χ3n) is 3.41. The zero-order valence-corrected chi connectivity index (χ0v) is 12.4. The molecule has 1 atom stereocenters. The van der Waals surface area contributed by atoms with Crippen LogP contribution in [-0.4, -0.2) is 18.5 Å². The molecule has 2 rings (SSSR count). The number of nitrogens with one attached hydrogen (secondary N) is 1. The van der Waals surface area contributed by atoms with Crippen LogP contribution in [0.25, 0.3) is 0 Å². The topological polar surface area (TPSA) is 55.1 Å². The number of benzene rings is 2. The Morgan fingerprint density at radius 3 is 2.39 bits per heavy atom. The van der Waals surface area contributed by atoms with Crippen molar-refractivity contribution in [1.29, 1.82) is 0 Å². The average Bonchev–Trinajstić information content (AvgIpc) is 2.53. The van der Waals surface area contributed by atoms with E-state index in [0.717, 1.165) is 6.07 Å². The Hall–Kier alpha value is -2.34. The van der Waals surface area contributed by atoms with Crippen molar-refractivity contribution in [2.24, 2.45) is 5.73 Å². The van der Waals surface area contributed by atoms with Gasteiger partial charge in [-0.1, -0.05) is 18.2 Å². The fourth-order valence-electron chi connectivity index (χ4n) is 2.17. The fraction of sp³-hybridized carbons (Fsp3) is 0.235. The van der Waals surface area contributed by atoms with Crippen molar-refractivity contribution in [3.63, 3.8) is 0 Å². The van der Waals surface area contributed by atoms with Crippen LogP contribution in [-0.2, 0) is 6.42 Å². The summed E-state index contributed by atoms with van der Waals surface area (Å²) < 4.78 is 39.5. The molecule has 0 unspecified atom stereocenters. The fourth-order valence-corrected chi connectivity index (χ4v) is 2.17. The Bertz CT molecular complexity index is 677. The molecule has 0 fully saturated rings. The van der Waals surface area contributed by atoms with Crippen LogP contribution in [0, 0.1) is 17.5 Å². The highest BCUT2D eigenvalue weighted by atomic mass is 19.2. The lowest BCUT2D eigenvalue weighted by molar-refractivity contribution is 0.0952. The number of rotatable bonds is 6. The molecule has 6 heteroatoms. The van der Waals surface area contributed by atoms with Crippen LogP contribution in [0.2, 0.25) is 0 Å². The summed E-state index contributed by atoms with van der Waals surface area (Å²) in [5, 5.41) is 2.70. The largest absolute Gasteiger partial charge is 0.352 e. The monoisotopic (exact) mass is 322 g/mol. The van der Waals surface area contributed by atoms with Gasteiger partial charge in [0, 0.05) is 24.2 Å². The SMILES string of the molecule is N[C@@H](CCNC(=O)c1ccccc1)Cc1cc(F)c(F)cc1F. The van der Waals surface area contributed by atoms with E-state index in [2.05, 4.69) is 5.32 Å². The van der Waals surface area contributed by atoms with Crippen molar-refractivity contribution in [3.05, 3.63) is 71.0 Å². The number of carbonyl (C=O) groups excluding carboxylic acids is 1. The molecule has 23 heavy (non-hydrogen) atoms. The van der Waals surface area contributed by atoms with Crippen molar-refractivity contribution < 1.29 is 18.0 Å². The van der Waals surface area contributed by atoms with Gasteiger partial charge in [0.25, 0.3) is 5.91 Å². The van der Waals surface area contributed by atoms with Crippen LogP contribution in [0.1, 0.15) is 22.3 Å². The zero-order chi connectivity index (χ0) is 16.8. The van der Waals surface area contributed by atoms with Gasteiger partial charge in [0.2, 0.25) is 0 Å². The maximum absolute atomic E-state index is 13.5. The lowest BCUT2D eigenvalue weighted by Gasteiger charge is -2.13. The highest BCUT2D eigenvalue weighted by Gasteiger charge is 2.13. The summed E-state index contributed by atoms with van der Waals surface area (Å²) in [6.07, 6.45) is 0.446. The van der Waals surface area contributed by atoms with Gasteiger partial charge in [-0.25, -0.2) is 13.2 Å². The molecule has 122 valence electrons. The van der Waals surface area contributed by atoms with Crippen LogP contribution in [0.4, 0.5) is 13.2 Å². The number of hydrogen-bond acceptors (Lipinski definition) is 2. The van der Waals surface area contributed by atoms with E-state index in [9.17, 15) is 18.0 Å². The molecule has 0 radical (unpaired) electrons. The van der Waals surface area contributed by atoms with Gasteiger partial charge in [0.05, 0.1) is 0 Å². The van der Waals surface area contributed by atoms with Crippen molar-refractivity contribution in [2.75, 3.05) is 6.54 Å². The van der Waals surface area contributed by atoms with Gasteiger partial charge in [-0.2, -0.15) is 0 Å². The first kappa shape index (κ1) is 17.0. The average molecular weight is 322 g/mol. The van der Waals surface area contributed by atoms with Crippen LogP contribution in [0.3, 0.4) is 0 Å². The number of hydrogen-bond donors (Lipinski definition) is 2. The Morgan fingerprint density at radius 2 is 1.70 bits per heavy atom. The summed E-state index contributed by atoms with van der Waals surface area (Å²) in [5.41, 5.74) is 6.41. The van der Waals surface area contributed by atoms with Gasteiger partial charge in [-0.05, 0) is 36.6 Å². The smallest absolute Gasteiger partial charge is 0.251 e. The second-order valence-electron chi connectivity index (χ2n) is 5.23. The first-order valence-corrected chi connectivity index (χ1v) is 7.19. The third-order valence-corrected chi connectivity index (χ3v) is 3.41. The summed E-state index contributed by atoms with van der Waals surface area (Å²) >= 11 is 0. The van der Waals surface area contributed by atoms with Crippen LogP contribution in [0.15, 0.2) is 42.5 Å². The predicted molar refractivity (Wildman–Crippen MR) is 81.4 cm³/mol. The highest BCUT2D eigenvalue weighted by Crippen LogP contribution is 2.15. The molecule has 0 aliphatic heterocycles. The molecule has 0 saturated carbocycles. The minimum absolute atomic E-state index is 0.0192. The number of amides is 1. The van der Waals surface area contributed by atoms with Crippen molar-refractivity contribution in [3.8, 4) is 0 Å². The van der Waals surface area contributed by atoms with Gasteiger partial charge < -0.3 is 11.1 Å². The van der Waals surface area contributed by atoms with Gasteiger partial charge in [-0.15, -0.1) is 0 Å². The summed E-state index contributed by atoms with van der Waals surface area (Å²) in [7, 11) is 0. The van der Waals surface area contributed by atoms with Gasteiger partial charge in [-0.3, -0.25) is 4.79 Å². The molecule has 0 heterocycles. The molecule has 0 aliphatic carbocycles. The zero-order valence-electron chi connectivity index (χ0n) is 12.4. The van der Waals surface area contributed by atoms with E-state index in [0.29, 0.717) is 24.6 Å².